The lowest BCUT2D eigenvalue weighted by molar-refractivity contribution is -0.140. The average Bonchev–Trinajstić information content (AvgIpc) is 3.30. The molecule has 1 aromatic carbocycles. The molecule has 2 N–H and O–H groups in total. The molecule has 1 saturated carbocycles. The molecule has 11 nitrogen and oxygen atoms in total. The summed E-state index contributed by atoms with van der Waals surface area (Å²) in [5, 5.41) is 9.19. The molecule has 0 radical (unpaired) electrons. The van der Waals surface area contributed by atoms with Crippen LogP contribution >= 0.6 is 0 Å². The maximum atomic E-state index is 13.9. The Morgan fingerprint density at radius 2 is 1.90 bits per heavy atom. The van der Waals surface area contributed by atoms with Gasteiger partial charge in [-0.3, -0.25) is 19.3 Å². The van der Waals surface area contributed by atoms with Gasteiger partial charge in [0.2, 0.25) is 11.7 Å². The molecule has 1 aromatic rings. The number of hydrogen-bond donors (Lipinski definition) is 2. The number of halogens is 3. The highest BCUT2D eigenvalue weighted by Crippen LogP contribution is 2.39. The average molecular weight is 581 g/mol. The Hall–Kier alpha value is -3.68. The van der Waals surface area contributed by atoms with Gasteiger partial charge in [0.15, 0.2) is 23.1 Å². The Morgan fingerprint density at radius 1 is 1.17 bits per heavy atom. The number of rotatable bonds is 9. The normalized spacial score (nSPS) is 26.0. The Morgan fingerprint density at radius 3 is 2.54 bits per heavy atom. The molecule has 1 spiro atoms. The minimum Gasteiger partial charge on any atom is -0.444 e. The lowest BCUT2D eigenvalue weighted by atomic mass is 9.91. The van der Waals surface area contributed by atoms with Crippen molar-refractivity contribution in [1.82, 2.24) is 15.5 Å². The number of Topliss-reactive ketones (excluding diaryl/α,β-unsaturated/α-hetero) is 1. The van der Waals surface area contributed by atoms with Gasteiger partial charge in [0.25, 0.3) is 5.91 Å². The lowest BCUT2D eigenvalue weighted by Crippen LogP contribution is -2.53. The second kappa shape index (κ2) is 11.7. The molecule has 0 aromatic heterocycles. The highest BCUT2D eigenvalue weighted by Gasteiger charge is 2.55. The highest BCUT2D eigenvalue weighted by atomic mass is 19.2. The molecule has 5 rings (SSSR count). The first-order valence-electron chi connectivity index (χ1n) is 13.7. The van der Waals surface area contributed by atoms with E-state index in [1.165, 1.54) is 0 Å². The molecule has 2 saturated heterocycles. The standard InChI is InChI=1S/C27H31F3N4O7/c1-2-3-19(23(35)25(37)31-15-4-5-15)32-24(36)21-11-27(13-34(21)26(38)40-16-6-7-39-12-16)10-20(33-41-27)14-8-17(28)22(30)18(29)9-14/h8-9,15-16,19,21H,2-7,10-13H2,1H3,(H,31,37)(H,32,36)/t16-,19-,21-,27+/m0/s1. The second-order valence-electron chi connectivity index (χ2n) is 10.9. The number of ketones is 1. The number of oxime groups is 1. The first-order chi connectivity index (χ1) is 19.6. The van der Waals surface area contributed by atoms with Crippen LogP contribution in [0.1, 0.15) is 57.4 Å². The van der Waals surface area contributed by atoms with E-state index in [0.717, 1.165) is 29.9 Å². The van der Waals surface area contributed by atoms with Crippen molar-refractivity contribution in [3.63, 3.8) is 0 Å². The van der Waals surface area contributed by atoms with E-state index >= 15 is 0 Å². The maximum Gasteiger partial charge on any atom is 0.410 e. The number of likely N-dealkylation sites (tertiary alicyclic amines) is 1. The van der Waals surface area contributed by atoms with E-state index in [0.29, 0.717) is 19.4 Å². The molecule has 4 aliphatic rings. The third-order valence-electron chi connectivity index (χ3n) is 7.60. The molecular weight excluding hydrogens is 549 g/mol. The first kappa shape index (κ1) is 28.8. The van der Waals surface area contributed by atoms with Gasteiger partial charge in [-0.25, -0.2) is 18.0 Å². The van der Waals surface area contributed by atoms with Crippen molar-refractivity contribution >= 4 is 29.4 Å². The summed E-state index contributed by atoms with van der Waals surface area (Å²) in [6, 6.07) is -0.734. The van der Waals surface area contributed by atoms with Crippen LogP contribution in [0.15, 0.2) is 17.3 Å². The molecule has 0 bridgehead atoms. The molecule has 3 fully saturated rings. The summed E-state index contributed by atoms with van der Waals surface area (Å²) < 4.78 is 52.0. The Labute approximate surface area is 233 Å². The largest absolute Gasteiger partial charge is 0.444 e. The Balaban J connectivity index is 1.33. The van der Waals surface area contributed by atoms with Crippen LogP contribution in [-0.2, 0) is 28.7 Å². The fourth-order valence-corrected chi connectivity index (χ4v) is 5.25. The molecular formula is C27H31F3N4O7. The highest BCUT2D eigenvalue weighted by molar-refractivity contribution is 6.38. The molecule has 3 aliphatic heterocycles. The van der Waals surface area contributed by atoms with Crippen LogP contribution in [0.3, 0.4) is 0 Å². The molecule has 14 heteroatoms. The van der Waals surface area contributed by atoms with Gasteiger partial charge in [0.1, 0.15) is 12.1 Å². The van der Waals surface area contributed by atoms with Gasteiger partial charge in [-0.15, -0.1) is 0 Å². The number of benzene rings is 1. The number of carbonyl (C=O) groups excluding carboxylic acids is 4. The van der Waals surface area contributed by atoms with Crippen LogP contribution < -0.4 is 10.6 Å². The predicted octanol–water partition coefficient (Wildman–Crippen LogP) is 2.10. The van der Waals surface area contributed by atoms with Gasteiger partial charge in [-0.2, -0.15) is 0 Å². The number of nitrogens with zero attached hydrogens (tertiary/aromatic N) is 2. The van der Waals surface area contributed by atoms with Gasteiger partial charge in [0, 0.05) is 30.9 Å². The zero-order chi connectivity index (χ0) is 29.3. The Kier molecular flexibility index (Phi) is 8.20. The number of ether oxygens (including phenoxy) is 2. The predicted molar refractivity (Wildman–Crippen MR) is 135 cm³/mol. The summed E-state index contributed by atoms with van der Waals surface area (Å²) in [7, 11) is 0. The fourth-order valence-electron chi connectivity index (χ4n) is 5.25. The second-order valence-corrected chi connectivity index (χ2v) is 10.9. The van der Waals surface area contributed by atoms with E-state index in [9.17, 15) is 32.3 Å². The van der Waals surface area contributed by atoms with Crippen molar-refractivity contribution in [2.45, 2.75) is 81.7 Å². The Bertz CT molecular complexity index is 1240. The van der Waals surface area contributed by atoms with Crippen molar-refractivity contribution in [3.8, 4) is 0 Å². The van der Waals surface area contributed by atoms with Crippen molar-refractivity contribution in [1.29, 1.82) is 0 Å². The van der Waals surface area contributed by atoms with E-state index in [1.807, 2.05) is 0 Å². The summed E-state index contributed by atoms with van der Waals surface area (Å²) in [6.45, 7) is 2.26. The van der Waals surface area contributed by atoms with Crippen molar-refractivity contribution < 1.29 is 46.7 Å². The number of carbonyl (C=O) groups is 4. The fraction of sp³-hybridized carbons (Fsp3) is 0.593. The molecule has 4 atom stereocenters. The van der Waals surface area contributed by atoms with Gasteiger partial charge in [0.05, 0.1) is 31.5 Å². The first-order valence-corrected chi connectivity index (χ1v) is 13.7. The van der Waals surface area contributed by atoms with Gasteiger partial charge in [-0.1, -0.05) is 18.5 Å². The number of hydrogen-bond acceptors (Lipinski definition) is 8. The molecule has 3 heterocycles. The topological polar surface area (TPSA) is 136 Å². The summed E-state index contributed by atoms with van der Waals surface area (Å²) >= 11 is 0. The van der Waals surface area contributed by atoms with Crippen LogP contribution in [0.25, 0.3) is 0 Å². The monoisotopic (exact) mass is 580 g/mol. The van der Waals surface area contributed by atoms with E-state index < -0.39 is 64.9 Å². The van der Waals surface area contributed by atoms with E-state index in [1.54, 1.807) is 6.92 Å². The summed E-state index contributed by atoms with van der Waals surface area (Å²) in [5.41, 5.74) is -1.19. The SMILES string of the molecule is CCC[C@H](NC(=O)[C@@H]1C[C@]2(CC(c3cc(F)c(F)c(F)c3)=NO2)CN1C(=O)O[C@H]1CCOC1)C(=O)C(=O)NC1CC1. The van der Waals surface area contributed by atoms with Gasteiger partial charge >= 0.3 is 6.09 Å². The van der Waals surface area contributed by atoms with Crippen molar-refractivity contribution in [3.05, 3.63) is 35.1 Å². The third kappa shape index (κ3) is 6.31. The molecule has 222 valence electrons. The van der Waals surface area contributed by atoms with Crippen LogP contribution in [-0.4, -0.2) is 83.9 Å². The molecule has 3 amide bonds. The summed E-state index contributed by atoms with van der Waals surface area (Å²) in [5.74, 6) is -6.65. The zero-order valence-electron chi connectivity index (χ0n) is 22.4. The van der Waals surface area contributed by atoms with Crippen LogP contribution in [0, 0.1) is 17.5 Å². The van der Waals surface area contributed by atoms with E-state index in [2.05, 4.69) is 15.8 Å². The maximum absolute atomic E-state index is 13.9. The minimum atomic E-state index is -1.62. The molecule has 0 unspecified atom stereocenters. The van der Waals surface area contributed by atoms with Crippen molar-refractivity contribution in [2.24, 2.45) is 5.16 Å². The van der Waals surface area contributed by atoms with E-state index in [4.69, 9.17) is 14.3 Å². The quantitative estimate of drug-likeness (QED) is 0.337. The number of nitrogens with one attached hydrogen (secondary N) is 2. The van der Waals surface area contributed by atoms with Crippen molar-refractivity contribution in [2.75, 3.05) is 19.8 Å². The number of amides is 3. The van der Waals surface area contributed by atoms with Gasteiger partial charge < -0.3 is 24.9 Å². The summed E-state index contributed by atoms with van der Waals surface area (Å²) in [4.78, 5) is 58.8. The minimum absolute atomic E-state index is 0.0410. The zero-order valence-corrected chi connectivity index (χ0v) is 22.4. The smallest absolute Gasteiger partial charge is 0.410 e. The molecule has 1 aliphatic carbocycles. The van der Waals surface area contributed by atoms with Crippen LogP contribution in [0.4, 0.5) is 18.0 Å². The van der Waals surface area contributed by atoms with Gasteiger partial charge in [-0.05, 0) is 31.4 Å². The lowest BCUT2D eigenvalue weighted by Gasteiger charge is -2.26. The summed E-state index contributed by atoms with van der Waals surface area (Å²) in [6.07, 6.45) is 1.32. The third-order valence-corrected chi connectivity index (χ3v) is 7.60. The van der Waals surface area contributed by atoms with Crippen LogP contribution in [0.5, 0.6) is 0 Å². The van der Waals surface area contributed by atoms with Crippen LogP contribution in [0.2, 0.25) is 0 Å². The van der Waals surface area contributed by atoms with E-state index in [-0.39, 0.29) is 49.7 Å². The molecule has 41 heavy (non-hydrogen) atoms.